The molecule has 2 heterocycles. The number of ether oxygens (including phenoxy) is 1. The molecule has 1 aromatic carbocycles. The van der Waals surface area contributed by atoms with E-state index in [1.54, 1.807) is 13.2 Å². The Morgan fingerprint density at radius 1 is 1.39 bits per heavy atom. The third kappa shape index (κ3) is 3.79. The molecular formula is C13H14N6O3S. The summed E-state index contributed by atoms with van der Waals surface area (Å²) in [7, 11) is 1.56. The third-order valence-electron chi connectivity index (χ3n) is 2.94. The summed E-state index contributed by atoms with van der Waals surface area (Å²) in [5, 5.41) is 9.22. The van der Waals surface area contributed by atoms with E-state index in [1.807, 2.05) is 12.1 Å². The predicted molar refractivity (Wildman–Crippen MR) is 83.2 cm³/mol. The van der Waals surface area contributed by atoms with Crippen LogP contribution in [0, 0.1) is 0 Å². The zero-order chi connectivity index (χ0) is 16.1. The van der Waals surface area contributed by atoms with Crippen LogP contribution in [-0.4, -0.2) is 38.6 Å². The molecule has 0 atom stereocenters. The number of amides is 2. The van der Waals surface area contributed by atoms with Crippen LogP contribution in [0.15, 0.2) is 22.7 Å². The number of carbonyl (C=O) groups is 1. The van der Waals surface area contributed by atoms with Gasteiger partial charge in [-0.1, -0.05) is 11.2 Å². The SMILES string of the molecule is COCc1noc(CCNC(=O)Nc2cccc3nsnc23)n1. The van der Waals surface area contributed by atoms with Gasteiger partial charge in [-0.3, -0.25) is 0 Å². The van der Waals surface area contributed by atoms with Crippen LogP contribution in [0.2, 0.25) is 0 Å². The second kappa shape index (κ2) is 7.11. The first-order chi connectivity index (χ1) is 11.3. The van der Waals surface area contributed by atoms with Crippen molar-refractivity contribution in [3.8, 4) is 0 Å². The second-order valence-electron chi connectivity index (χ2n) is 4.61. The van der Waals surface area contributed by atoms with Crippen LogP contribution in [0.1, 0.15) is 11.7 Å². The summed E-state index contributed by atoms with van der Waals surface area (Å²) in [5.41, 5.74) is 2.05. The zero-order valence-electron chi connectivity index (χ0n) is 12.3. The average molecular weight is 334 g/mol. The maximum atomic E-state index is 11.9. The highest BCUT2D eigenvalue weighted by atomic mass is 32.1. The van der Waals surface area contributed by atoms with Crippen molar-refractivity contribution in [2.75, 3.05) is 19.0 Å². The fraction of sp³-hybridized carbons (Fsp3) is 0.308. The molecule has 0 radical (unpaired) electrons. The lowest BCUT2D eigenvalue weighted by Crippen LogP contribution is -2.30. The molecule has 120 valence electrons. The smallest absolute Gasteiger partial charge is 0.319 e. The van der Waals surface area contributed by atoms with Crippen LogP contribution in [0.25, 0.3) is 11.0 Å². The largest absolute Gasteiger partial charge is 0.377 e. The lowest BCUT2D eigenvalue weighted by atomic mass is 10.2. The molecule has 23 heavy (non-hydrogen) atoms. The monoisotopic (exact) mass is 334 g/mol. The number of hydrogen-bond acceptors (Lipinski definition) is 8. The fourth-order valence-corrected chi connectivity index (χ4v) is 2.49. The highest BCUT2D eigenvalue weighted by molar-refractivity contribution is 7.00. The minimum atomic E-state index is -0.331. The third-order valence-corrected chi connectivity index (χ3v) is 3.48. The van der Waals surface area contributed by atoms with Crippen LogP contribution in [0.4, 0.5) is 10.5 Å². The second-order valence-corrected chi connectivity index (χ2v) is 5.13. The molecule has 0 saturated carbocycles. The van der Waals surface area contributed by atoms with Gasteiger partial charge in [-0.05, 0) is 12.1 Å². The van der Waals surface area contributed by atoms with Gasteiger partial charge in [0.2, 0.25) is 5.89 Å². The lowest BCUT2D eigenvalue weighted by molar-refractivity contribution is 0.174. The normalized spacial score (nSPS) is 10.8. The van der Waals surface area contributed by atoms with E-state index in [2.05, 4.69) is 29.5 Å². The Morgan fingerprint density at radius 2 is 2.30 bits per heavy atom. The summed E-state index contributed by atoms with van der Waals surface area (Å²) in [6.07, 6.45) is 0.437. The van der Waals surface area contributed by atoms with E-state index in [-0.39, 0.29) is 6.03 Å². The number of anilines is 1. The fourth-order valence-electron chi connectivity index (χ4n) is 1.94. The Balaban J connectivity index is 1.50. The first-order valence-corrected chi connectivity index (χ1v) is 7.56. The van der Waals surface area contributed by atoms with Crippen LogP contribution >= 0.6 is 11.7 Å². The number of nitrogens with one attached hydrogen (secondary N) is 2. The highest BCUT2D eigenvalue weighted by Crippen LogP contribution is 2.20. The molecule has 0 fully saturated rings. The van der Waals surface area contributed by atoms with Crippen molar-refractivity contribution in [2.24, 2.45) is 0 Å². The first-order valence-electron chi connectivity index (χ1n) is 6.83. The van der Waals surface area contributed by atoms with Gasteiger partial charge in [0.05, 0.1) is 17.4 Å². The quantitative estimate of drug-likeness (QED) is 0.703. The molecule has 10 heteroatoms. The molecular weight excluding hydrogens is 320 g/mol. The molecule has 0 spiro atoms. The van der Waals surface area contributed by atoms with Gasteiger partial charge in [-0.15, -0.1) is 0 Å². The van der Waals surface area contributed by atoms with Crippen molar-refractivity contribution in [1.82, 2.24) is 24.2 Å². The molecule has 2 amide bonds. The summed E-state index contributed by atoms with van der Waals surface area (Å²) >= 11 is 1.11. The number of hydrogen-bond donors (Lipinski definition) is 2. The number of fused-ring (bicyclic) bond motifs is 1. The minimum Gasteiger partial charge on any atom is -0.377 e. The van der Waals surface area contributed by atoms with Gasteiger partial charge in [0.15, 0.2) is 5.82 Å². The van der Waals surface area contributed by atoms with E-state index in [4.69, 9.17) is 9.26 Å². The Morgan fingerprint density at radius 3 is 3.17 bits per heavy atom. The van der Waals surface area contributed by atoms with E-state index >= 15 is 0 Å². The van der Waals surface area contributed by atoms with E-state index in [0.717, 1.165) is 17.2 Å². The minimum absolute atomic E-state index is 0.295. The van der Waals surface area contributed by atoms with E-state index < -0.39 is 0 Å². The van der Waals surface area contributed by atoms with Crippen molar-refractivity contribution < 1.29 is 14.1 Å². The number of urea groups is 1. The molecule has 0 saturated heterocycles. The summed E-state index contributed by atoms with van der Waals surface area (Å²) in [6, 6.07) is 5.10. The van der Waals surface area contributed by atoms with E-state index in [0.29, 0.717) is 42.5 Å². The maximum Gasteiger partial charge on any atom is 0.319 e. The van der Waals surface area contributed by atoms with Crippen molar-refractivity contribution in [1.29, 1.82) is 0 Å². The van der Waals surface area contributed by atoms with Crippen LogP contribution in [-0.2, 0) is 17.8 Å². The summed E-state index contributed by atoms with van der Waals surface area (Å²) in [4.78, 5) is 16.0. The van der Waals surface area contributed by atoms with Crippen molar-refractivity contribution in [3.05, 3.63) is 29.9 Å². The number of aromatic nitrogens is 4. The van der Waals surface area contributed by atoms with Gasteiger partial charge >= 0.3 is 6.03 Å². The van der Waals surface area contributed by atoms with Crippen LogP contribution in [0.3, 0.4) is 0 Å². The average Bonchev–Trinajstić information content (AvgIpc) is 3.17. The first kappa shape index (κ1) is 15.3. The van der Waals surface area contributed by atoms with Crippen molar-refractivity contribution in [2.45, 2.75) is 13.0 Å². The standard InChI is InChI=1S/C13H14N6O3S/c1-21-7-10-16-11(22-17-10)5-6-14-13(20)15-8-3-2-4-9-12(8)19-23-18-9/h2-4H,5-7H2,1H3,(H2,14,15,20). The molecule has 2 aromatic heterocycles. The van der Waals surface area contributed by atoms with Crippen LogP contribution < -0.4 is 10.6 Å². The van der Waals surface area contributed by atoms with Crippen LogP contribution in [0.5, 0.6) is 0 Å². The number of methoxy groups -OCH3 is 1. The number of carbonyl (C=O) groups excluding carboxylic acids is 1. The molecule has 0 aliphatic carbocycles. The summed E-state index contributed by atoms with van der Waals surface area (Å²) in [5.74, 6) is 0.929. The lowest BCUT2D eigenvalue weighted by Gasteiger charge is -2.06. The Hall–Kier alpha value is -2.59. The molecule has 0 bridgehead atoms. The maximum absolute atomic E-state index is 11.9. The predicted octanol–water partition coefficient (Wildman–Crippen LogP) is 1.58. The summed E-state index contributed by atoms with van der Waals surface area (Å²) < 4.78 is 18.2. The van der Waals surface area contributed by atoms with Gasteiger partial charge in [-0.2, -0.15) is 13.7 Å². The van der Waals surface area contributed by atoms with Gasteiger partial charge in [0.25, 0.3) is 0 Å². The topological polar surface area (TPSA) is 115 Å². The van der Waals surface area contributed by atoms with Crippen molar-refractivity contribution in [3.63, 3.8) is 0 Å². The number of rotatable bonds is 6. The molecule has 0 aliphatic rings. The summed E-state index contributed by atoms with van der Waals surface area (Å²) in [6.45, 7) is 0.662. The molecule has 3 rings (SSSR count). The molecule has 0 aliphatic heterocycles. The molecule has 2 N–H and O–H groups in total. The Kier molecular flexibility index (Phi) is 4.74. The highest BCUT2D eigenvalue weighted by Gasteiger charge is 2.09. The molecule has 0 unspecified atom stereocenters. The Bertz CT molecular complexity index is 802. The van der Waals surface area contributed by atoms with E-state index in [1.165, 1.54) is 0 Å². The van der Waals surface area contributed by atoms with Gasteiger partial charge in [0, 0.05) is 20.1 Å². The van der Waals surface area contributed by atoms with Gasteiger partial charge in [-0.25, -0.2) is 4.79 Å². The van der Waals surface area contributed by atoms with Crippen molar-refractivity contribution >= 4 is 34.5 Å². The molecule has 9 nitrogen and oxygen atoms in total. The number of benzene rings is 1. The van der Waals surface area contributed by atoms with Gasteiger partial charge in [0.1, 0.15) is 17.6 Å². The Labute approximate surface area is 135 Å². The number of nitrogens with zero attached hydrogens (tertiary/aromatic N) is 4. The van der Waals surface area contributed by atoms with Gasteiger partial charge < -0.3 is 19.9 Å². The molecule has 3 aromatic rings. The van der Waals surface area contributed by atoms with E-state index in [9.17, 15) is 4.79 Å². The zero-order valence-corrected chi connectivity index (χ0v) is 13.1.